The van der Waals surface area contributed by atoms with Crippen LogP contribution in [0, 0.1) is 11.8 Å². The molecule has 1 aromatic rings. The summed E-state index contributed by atoms with van der Waals surface area (Å²) in [5.74, 6) is 2.41. The largest absolute Gasteiger partial charge is 0.468 e. The average molecular weight is 330 g/mol. The van der Waals surface area contributed by atoms with Crippen LogP contribution in [0.3, 0.4) is 0 Å². The molecule has 0 aromatic carbocycles. The summed E-state index contributed by atoms with van der Waals surface area (Å²) in [5, 5.41) is 10.5. The Labute approximate surface area is 142 Å². The molecule has 0 aliphatic carbocycles. The predicted octanol–water partition coefficient (Wildman–Crippen LogP) is 2.18. The molecule has 0 radical (unpaired) electrons. The number of nitrogens with zero attached hydrogens (tertiary/aromatic N) is 2. The summed E-state index contributed by atoms with van der Waals surface area (Å²) in [7, 11) is 0. The molecule has 4 aliphatic rings. The van der Waals surface area contributed by atoms with Crippen molar-refractivity contribution in [2.24, 2.45) is 11.8 Å². The highest BCUT2D eigenvalue weighted by atomic mass is 16.3. The molecule has 4 aliphatic heterocycles. The lowest BCUT2D eigenvalue weighted by molar-refractivity contribution is -0.154. The Bertz CT molecular complexity index is 616. The normalized spacial score (nSPS) is 42.5. The zero-order valence-corrected chi connectivity index (χ0v) is 14.0. The van der Waals surface area contributed by atoms with E-state index in [-0.39, 0.29) is 12.1 Å². The van der Waals surface area contributed by atoms with E-state index < -0.39 is 0 Å². The lowest BCUT2D eigenvalue weighted by atomic mass is 9.69. The van der Waals surface area contributed by atoms with Crippen LogP contribution in [-0.4, -0.2) is 52.1 Å². The molecule has 1 aromatic heterocycles. The lowest BCUT2D eigenvalue weighted by Gasteiger charge is -2.58. The minimum absolute atomic E-state index is 0.185. The fraction of sp³-hybridized carbons (Fsp3) is 0.737. The second-order valence-electron chi connectivity index (χ2n) is 8.18. The van der Waals surface area contributed by atoms with Crippen molar-refractivity contribution < 1.29 is 14.3 Å². The summed E-state index contributed by atoms with van der Waals surface area (Å²) < 4.78 is 5.70. The van der Waals surface area contributed by atoms with Gasteiger partial charge in [0.2, 0.25) is 5.91 Å². The van der Waals surface area contributed by atoms with Gasteiger partial charge >= 0.3 is 0 Å². The molecule has 5 rings (SSSR count). The highest BCUT2D eigenvalue weighted by molar-refractivity contribution is 5.77. The van der Waals surface area contributed by atoms with Gasteiger partial charge < -0.3 is 14.4 Å². The lowest BCUT2D eigenvalue weighted by Crippen LogP contribution is -2.65. The first-order valence-corrected chi connectivity index (χ1v) is 9.47. The molecule has 5 heteroatoms. The molecule has 0 unspecified atom stereocenters. The van der Waals surface area contributed by atoms with E-state index in [1.165, 1.54) is 6.42 Å². The monoisotopic (exact) mass is 330 g/mol. The SMILES string of the molecule is O=C1CCC[C@@H]2[C@H]3C[C@@H](CN12)[C@H]1C[C@@H](O)C[C@H](c2ccco2)N1C3. The summed E-state index contributed by atoms with van der Waals surface area (Å²) in [4.78, 5) is 17.2. The molecular weight excluding hydrogens is 304 g/mol. The van der Waals surface area contributed by atoms with E-state index in [1.54, 1.807) is 6.26 Å². The van der Waals surface area contributed by atoms with Gasteiger partial charge in [0, 0.05) is 31.6 Å². The minimum atomic E-state index is -0.271. The number of furan rings is 1. The van der Waals surface area contributed by atoms with Crippen LogP contribution in [-0.2, 0) is 4.79 Å². The van der Waals surface area contributed by atoms with E-state index in [9.17, 15) is 9.90 Å². The fourth-order valence-electron chi connectivity index (χ4n) is 5.91. The molecule has 2 bridgehead atoms. The van der Waals surface area contributed by atoms with E-state index in [0.717, 1.165) is 51.0 Å². The van der Waals surface area contributed by atoms with Crippen molar-refractivity contribution >= 4 is 5.91 Å². The molecule has 0 spiro atoms. The van der Waals surface area contributed by atoms with Crippen LogP contribution in [0.25, 0.3) is 0 Å². The maximum atomic E-state index is 12.4. The van der Waals surface area contributed by atoms with Crippen molar-refractivity contribution in [2.75, 3.05) is 13.1 Å². The summed E-state index contributed by atoms with van der Waals surface area (Å²) in [6.07, 6.45) is 7.21. The molecule has 0 saturated carbocycles. The van der Waals surface area contributed by atoms with Crippen molar-refractivity contribution in [2.45, 2.75) is 62.8 Å². The number of fused-ring (bicyclic) bond motifs is 6. The van der Waals surface area contributed by atoms with Crippen molar-refractivity contribution in [1.29, 1.82) is 0 Å². The van der Waals surface area contributed by atoms with Gasteiger partial charge in [0.1, 0.15) is 5.76 Å². The number of hydrogen-bond acceptors (Lipinski definition) is 4. The topological polar surface area (TPSA) is 56.9 Å². The minimum Gasteiger partial charge on any atom is -0.468 e. The quantitative estimate of drug-likeness (QED) is 0.857. The number of piperidine rings is 4. The number of carbonyl (C=O) groups excluding carboxylic acids is 1. The zero-order chi connectivity index (χ0) is 16.3. The van der Waals surface area contributed by atoms with Crippen LogP contribution < -0.4 is 0 Å². The molecule has 1 N–H and O–H groups in total. The molecule has 24 heavy (non-hydrogen) atoms. The smallest absolute Gasteiger partial charge is 0.222 e. The van der Waals surface area contributed by atoms with Gasteiger partial charge in [-0.25, -0.2) is 0 Å². The Morgan fingerprint density at radius 2 is 2.00 bits per heavy atom. The predicted molar refractivity (Wildman–Crippen MR) is 88.1 cm³/mol. The van der Waals surface area contributed by atoms with Gasteiger partial charge in [-0.05, 0) is 56.1 Å². The molecule has 6 atom stereocenters. The number of amides is 1. The van der Waals surface area contributed by atoms with Crippen molar-refractivity contribution in [3.05, 3.63) is 24.2 Å². The van der Waals surface area contributed by atoms with Gasteiger partial charge in [-0.15, -0.1) is 0 Å². The van der Waals surface area contributed by atoms with Crippen LogP contribution in [0.2, 0.25) is 0 Å². The second-order valence-corrected chi connectivity index (χ2v) is 8.18. The molecule has 5 heterocycles. The van der Waals surface area contributed by atoms with Crippen LogP contribution >= 0.6 is 0 Å². The first kappa shape index (κ1) is 15.0. The van der Waals surface area contributed by atoms with Crippen LogP contribution in [0.15, 0.2) is 22.8 Å². The summed E-state index contributed by atoms with van der Waals surface area (Å²) in [5.41, 5.74) is 0. The van der Waals surface area contributed by atoms with Gasteiger partial charge in [-0.1, -0.05) is 0 Å². The van der Waals surface area contributed by atoms with Gasteiger partial charge in [-0.3, -0.25) is 9.69 Å². The number of aliphatic hydroxyl groups is 1. The van der Waals surface area contributed by atoms with E-state index in [0.29, 0.717) is 29.8 Å². The summed E-state index contributed by atoms with van der Waals surface area (Å²) in [6.45, 7) is 1.92. The Hall–Kier alpha value is -1.33. The van der Waals surface area contributed by atoms with E-state index in [2.05, 4.69) is 9.80 Å². The maximum Gasteiger partial charge on any atom is 0.222 e. The number of carbonyl (C=O) groups is 1. The van der Waals surface area contributed by atoms with Gasteiger partial charge in [-0.2, -0.15) is 0 Å². The summed E-state index contributed by atoms with van der Waals surface area (Å²) in [6, 6.07) is 4.98. The zero-order valence-electron chi connectivity index (χ0n) is 14.0. The van der Waals surface area contributed by atoms with Crippen LogP contribution in [0.1, 0.15) is 50.3 Å². The van der Waals surface area contributed by atoms with Crippen molar-refractivity contribution in [3.8, 4) is 0 Å². The standard InChI is InChI=1S/C19H26N2O3/c22-14-8-16-13-7-12(15-3-1-5-19(23)21(15)11-13)10-20(16)17(9-14)18-4-2-6-24-18/h2,4,6,12-17,22H,1,3,5,7-11H2/t12-,13-,14+,15+,16+,17+/m0/s1. The molecule has 5 nitrogen and oxygen atoms in total. The molecule has 4 fully saturated rings. The summed E-state index contributed by atoms with van der Waals surface area (Å²) >= 11 is 0. The molecule has 1 amide bonds. The number of aliphatic hydroxyl groups excluding tert-OH is 1. The Morgan fingerprint density at radius 1 is 1.12 bits per heavy atom. The fourth-order valence-corrected chi connectivity index (χ4v) is 5.91. The second kappa shape index (κ2) is 5.60. The number of rotatable bonds is 1. The molecule has 4 saturated heterocycles. The van der Waals surface area contributed by atoms with E-state index >= 15 is 0 Å². The van der Waals surface area contributed by atoms with E-state index in [4.69, 9.17) is 4.42 Å². The van der Waals surface area contributed by atoms with Crippen LogP contribution in [0.5, 0.6) is 0 Å². The highest BCUT2D eigenvalue weighted by Crippen LogP contribution is 2.47. The molecular formula is C19H26N2O3. The third-order valence-corrected chi connectivity index (χ3v) is 6.89. The third kappa shape index (κ3) is 2.25. The van der Waals surface area contributed by atoms with Crippen molar-refractivity contribution in [3.63, 3.8) is 0 Å². The van der Waals surface area contributed by atoms with Crippen molar-refractivity contribution in [1.82, 2.24) is 9.80 Å². The Kier molecular flexibility index (Phi) is 3.49. The molecule has 130 valence electrons. The Balaban J connectivity index is 1.46. The first-order valence-electron chi connectivity index (χ1n) is 9.47. The van der Waals surface area contributed by atoms with Gasteiger partial charge in [0.25, 0.3) is 0 Å². The highest BCUT2D eigenvalue weighted by Gasteiger charge is 2.51. The van der Waals surface area contributed by atoms with Crippen LogP contribution in [0.4, 0.5) is 0 Å². The number of hydrogen-bond donors (Lipinski definition) is 1. The maximum absolute atomic E-state index is 12.4. The first-order chi connectivity index (χ1) is 11.7. The van der Waals surface area contributed by atoms with Gasteiger partial charge in [0.15, 0.2) is 0 Å². The third-order valence-electron chi connectivity index (χ3n) is 6.89. The Morgan fingerprint density at radius 3 is 2.83 bits per heavy atom. The van der Waals surface area contributed by atoms with E-state index in [1.807, 2.05) is 12.1 Å². The average Bonchev–Trinajstić information content (AvgIpc) is 3.10. The van der Waals surface area contributed by atoms with Gasteiger partial charge in [0.05, 0.1) is 18.4 Å².